The molecule has 5 heteroatoms. The molecule has 1 amide bonds. The molecule has 0 aliphatic rings. The SMILES string of the molecule is Cc1ccc(CN(C)C(=O)c2cc(S)ccc2Cl)o1. The first kappa shape index (κ1) is 14.0. The smallest absolute Gasteiger partial charge is 0.255 e. The van der Waals surface area contributed by atoms with Gasteiger partial charge in [-0.25, -0.2) is 0 Å². The van der Waals surface area contributed by atoms with E-state index in [0.29, 0.717) is 22.0 Å². The topological polar surface area (TPSA) is 33.5 Å². The fourth-order valence-corrected chi connectivity index (χ4v) is 2.16. The Morgan fingerprint density at radius 1 is 1.37 bits per heavy atom. The zero-order valence-corrected chi connectivity index (χ0v) is 12.3. The van der Waals surface area contributed by atoms with Gasteiger partial charge in [0.1, 0.15) is 11.5 Å². The largest absolute Gasteiger partial charge is 0.464 e. The van der Waals surface area contributed by atoms with Crippen LogP contribution in [0.2, 0.25) is 5.02 Å². The van der Waals surface area contributed by atoms with E-state index < -0.39 is 0 Å². The van der Waals surface area contributed by atoms with Crippen molar-refractivity contribution < 1.29 is 9.21 Å². The minimum Gasteiger partial charge on any atom is -0.464 e. The number of nitrogens with zero attached hydrogens (tertiary/aromatic N) is 1. The van der Waals surface area contributed by atoms with E-state index in [9.17, 15) is 4.79 Å². The van der Waals surface area contributed by atoms with Crippen LogP contribution in [0.15, 0.2) is 39.6 Å². The standard InChI is InChI=1S/C14H14ClNO2S/c1-9-3-4-10(18-9)8-16(2)14(17)12-7-11(19)5-6-13(12)15/h3-7,19H,8H2,1-2H3. The second-order valence-corrected chi connectivity index (χ2v) is 5.26. The molecule has 0 saturated heterocycles. The molecule has 0 fully saturated rings. The van der Waals surface area contributed by atoms with Crippen LogP contribution >= 0.6 is 24.2 Å². The number of hydrogen-bond donors (Lipinski definition) is 1. The predicted molar refractivity (Wildman–Crippen MR) is 77.9 cm³/mol. The molecule has 0 saturated carbocycles. The number of amides is 1. The molecule has 1 aromatic heterocycles. The summed E-state index contributed by atoms with van der Waals surface area (Å²) in [5.41, 5.74) is 0.444. The van der Waals surface area contributed by atoms with Crippen molar-refractivity contribution in [3.8, 4) is 0 Å². The molecular weight excluding hydrogens is 282 g/mol. The summed E-state index contributed by atoms with van der Waals surface area (Å²) in [7, 11) is 1.71. The van der Waals surface area contributed by atoms with Crippen molar-refractivity contribution in [2.75, 3.05) is 7.05 Å². The van der Waals surface area contributed by atoms with Gasteiger partial charge in [-0.15, -0.1) is 12.6 Å². The highest BCUT2D eigenvalue weighted by Gasteiger charge is 2.16. The van der Waals surface area contributed by atoms with Gasteiger partial charge in [-0.3, -0.25) is 4.79 Å². The summed E-state index contributed by atoms with van der Waals surface area (Å²) in [5, 5.41) is 0.422. The molecule has 0 aliphatic carbocycles. The van der Waals surface area contributed by atoms with Gasteiger partial charge in [0.2, 0.25) is 0 Å². The van der Waals surface area contributed by atoms with Crippen molar-refractivity contribution in [2.45, 2.75) is 18.4 Å². The maximum absolute atomic E-state index is 12.3. The van der Waals surface area contributed by atoms with Gasteiger partial charge in [0.05, 0.1) is 17.1 Å². The van der Waals surface area contributed by atoms with Crippen LogP contribution in [0.5, 0.6) is 0 Å². The van der Waals surface area contributed by atoms with E-state index in [1.807, 2.05) is 19.1 Å². The summed E-state index contributed by atoms with van der Waals surface area (Å²) in [6.45, 7) is 2.27. The minimum atomic E-state index is -0.157. The number of aryl methyl sites for hydroxylation is 1. The Balaban J connectivity index is 2.16. The van der Waals surface area contributed by atoms with Gasteiger partial charge >= 0.3 is 0 Å². The number of hydrogen-bond acceptors (Lipinski definition) is 3. The Bertz CT molecular complexity index is 609. The molecule has 0 unspecified atom stereocenters. The molecule has 100 valence electrons. The van der Waals surface area contributed by atoms with Crippen molar-refractivity contribution in [1.29, 1.82) is 0 Å². The lowest BCUT2D eigenvalue weighted by atomic mass is 10.2. The fraction of sp³-hybridized carbons (Fsp3) is 0.214. The molecule has 0 aliphatic heterocycles. The Labute approximate surface area is 122 Å². The first-order valence-corrected chi connectivity index (χ1v) is 6.59. The molecule has 19 heavy (non-hydrogen) atoms. The van der Waals surface area contributed by atoms with E-state index >= 15 is 0 Å². The highest BCUT2D eigenvalue weighted by atomic mass is 35.5. The second kappa shape index (κ2) is 5.72. The number of thiol groups is 1. The van der Waals surface area contributed by atoms with E-state index in [4.69, 9.17) is 16.0 Å². The first-order chi connectivity index (χ1) is 8.97. The zero-order valence-electron chi connectivity index (χ0n) is 10.7. The van der Waals surface area contributed by atoms with Crippen LogP contribution < -0.4 is 0 Å². The van der Waals surface area contributed by atoms with Crippen molar-refractivity contribution in [1.82, 2.24) is 4.90 Å². The predicted octanol–water partition coefficient (Wildman–Crippen LogP) is 3.80. The average Bonchev–Trinajstić information content (AvgIpc) is 2.77. The van der Waals surface area contributed by atoms with E-state index in [0.717, 1.165) is 11.5 Å². The van der Waals surface area contributed by atoms with Gasteiger partial charge < -0.3 is 9.32 Å². The zero-order chi connectivity index (χ0) is 14.0. The summed E-state index contributed by atoms with van der Waals surface area (Å²) in [4.78, 5) is 14.6. The van der Waals surface area contributed by atoms with E-state index in [1.54, 1.807) is 30.1 Å². The quantitative estimate of drug-likeness (QED) is 0.874. The van der Waals surface area contributed by atoms with Crippen LogP contribution in [0.25, 0.3) is 0 Å². The van der Waals surface area contributed by atoms with Crippen LogP contribution in [0, 0.1) is 6.92 Å². The van der Waals surface area contributed by atoms with Crippen LogP contribution in [0.1, 0.15) is 21.9 Å². The van der Waals surface area contributed by atoms with Crippen LogP contribution in [-0.4, -0.2) is 17.9 Å². The van der Waals surface area contributed by atoms with E-state index in [-0.39, 0.29) is 5.91 Å². The molecular formula is C14H14ClNO2S. The summed E-state index contributed by atoms with van der Waals surface area (Å²) >= 11 is 10.3. The maximum Gasteiger partial charge on any atom is 0.255 e. The highest BCUT2D eigenvalue weighted by Crippen LogP contribution is 2.21. The van der Waals surface area contributed by atoms with Gasteiger partial charge in [-0.05, 0) is 37.3 Å². The Kier molecular flexibility index (Phi) is 4.22. The van der Waals surface area contributed by atoms with Gasteiger partial charge in [-0.1, -0.05) is 11.6 Å². The third-order valence-electron chi connectivity index (χ3n) is 2.72. The lowest BCUT2D eigenvalue weighted by Gasteiger charge is -2.16. The first-order valence-electron chi connectivity index (χ1n) is 5.76. The maximum atomic E-state index is 12.3. The fourth-order valence-electron chi connectivity index (χ4n) is 1.76. The highest BCUT2D eigenvalue weighted by molar-refractivity contribution is 7.80. The monoisotopic (exact) mass is 295 g/mol. The Hall–Kier alpha value is -1.39. The summed E-state index contributed by atoms with van der Waals surface area (Å²) in [6.07, 6.45) is 0. The van der Waals surface area contributed by atoms with Crippen LogP contribution in [0.3, 0.4) is 0 Å². The Morgan fingerprint density at radius 3 is 2.74 bits per heavy atom. The third kappa shape index (κ3) is 3.33. The number of rotatable bonds is 3. The van der Waals surface area contributed by atoms with Gasteiger partial charge in [0.25, 0.3) is 5.91 Å². The molecule has 0 spiro atoms. The van der Waals surface area contributed by atoms with Gasteiger partial charge in [0, 0.05) is 11.9 Å². The molecule has 0 N–H and O–H groups in total. The summed E-state index contributed by atoms with van der Waals surface area (Å²) < 4.78 is 5.45. The van der Waals surface area contributed by atoms with Crippen LogP contribution in [-0.2, 0) is 6.54 Å². The van der Waals surface area contributed by atoms with Gasteiger partial charge in [0.15, 0.2) is 0 Å². The van der Waals surface area contributed by atoms with Crippen molar-refractivity contribution in [2.24, 2.45) is 0 Å². The van der Waals surface area contributed by atoms with Crippen molar-refractivity contribution in [3.05, 3.63) is 52.4 Å². The molecule has 0 atom stereocenters. The molecule has 1 heterocycles. The van der Waals surface area contributed by atoms with E-state index in [1.165, 1.54) is 0 Å². The Morgan fingerprint density at radius 2 is 2.11 bits per heavy atom. The van der Waals surface area contributed by atoms with E-state index in [2.05, 4.69) is 12.6 Å². The van der Waals surface area contributed by atoms with Gasteiger partial charge in [-0.2, -0.15) is 0 Å². The average molecular weight is 296 g/mol. The lowest BCUT2D eigenvalue weighted by Crippen LogP contribution is -2.26. The molecule has 0 bridgehead atoms. The number of halogens is 1. The lowest BCUT2D eigenvalue weighted by molar-refractivity contribution is 0.0775. The number of furan rings is 1. The normalized spacial score (nSPS) is 10.5. The number of carbonyl (C=O) groups is 1. The number of benzene rings is 1. The summed E-state index contributed by atoms with van der Waals surface area (Å²) in [6, 6.07) is 8.81. The third-order valence-corrected chi connectivity index (χ3v) is 3.32. The van der Waals surface area contributed by atoms with Crippen molar-refractivity contribution in [3.63, 3.8) is 0 Å². The molecule has 1 aromatic carbocycles. The molecule has 3 nitrogen and oxygen atoms in total. The summed E-state index contributed by atoms with van der Waals surface area (Å²) in [5.74, 6) is 1.41. The van der Waals surface area contributed by atoms with Crippen molar-refractivity contribution >= 4 is 30.1 Å². The number of carbonyl (C=O) groups excluding carboxylic acids is 1. The van der Waals surface area contributed by atoms with Crippen LogP contribution in [0.4, 0.5) is 0 Å². The molecule has 2 rings (SSSR count). The molecule has 2 aromatic rings. The minimum absolute atomic E-state index is 0.157. The second-order valence-electron chi connectivity index (χ2n) is 4.34. The molecule has 0 radical (unpaired) electrons.